The number of aromatic nitrogens is 2. The highest BCUT2D eigenvalue weighted by atomic mass is 16.1. The zero-order chi connectivity index (χ0) is 16.9. The summed E-state index contributed by atoms with van der Waals surface area (Å²) < 4.78 is 0. The van der Waals surface area contributed by atoms with Crippen molar-refractivity contribution >= 4 is 11.9 Å². The molecule has 6 nitrogen and oxygen atoms in total. The Hall–Kier alpha value is -2.89. The lowest BCUT2D eigenvalue weighted by molar-refractivity contribution is 0.0956. The predicted octanol–water partition coefficient (Wildman–Crippen LogP) is 2.25. The lowest BCUT2D eigenvalue weighted by atomic mass is 9.99. The summed E-state index contributed by atoms with van der Waals surface area (Å²) in [4.78, 5) is 30.4. The van der Waals surface area contributed by atoms with Gasteiger partial charge in [-0.2, -0.15) is 0 Å². The first-order valence-electron chi connectivity index (χ1n) is 8.05. The Morgan fingerprint density at radius 3 is 2.92 bits per heavy atom. The van der Waals surface area contributed by atoms with Crippen molar-refractivity contribution in [2.75, 3.05) is 12.3 Å². The van der Waals surface area contributed by atoms with Gasteiger partial charge in [0.2, 0.25) is 5.95 Å². The van der Waals surface area contributed by atoms with Gasteiger partial charge in [0.1, 0.15) is 0 Å². The van der Waals surface area contributed by atoms with Crippen LogP contribution in [0.15, 0.2) is 46.8 Å². The number of allylic oxidation sites excluding steroid dienone is 1. The molecule has 0 aliphatic heterocycles. The normalized spacial score (nSPS) is 14.1. The van der Waals surface area contributed by atoms with E-state index in [4.69, 9.17) is 5.73 Å². The summed E-state index contributed by atoms with van der Waals surface area (Å²) in [5.74, 6) is -0.0854. The maximum atomic E-state index is 12.4. The van der Waals surface area contributed by atoms with Gasteiger partial charge in [0.05, 0.1) is 5.69 Å². The minimum Gasteiger partial charge on any atom is -0.369 e. The predicted molar refractivity (Wildman–Crippen MR) is 93.6 cm³/mol. The Morgan fingerprint density at radius 2 is 2.17 bits per heavy atom. The fourth-order valence-corrected chi connectivity index (χ4v) is 2.81. The minimum absolute atomic E-state index is 0.0524. The molecule has 1 heterocycles. The number of nitrogen functional groups attached to an aromatic ring is 1. The van der Waals surface area contributed by atoms with Crippen molar-refractivity contribution in [3.05, 3.63) is 57.9 Å². The summed E-state index contributed by atoms with van der Waals surface area (Å²) >= 11 is 0. The van der Waals surface area contributed by atoms with E-state index in [-0.39, 0.29) is 17.4 Å². The van der Waals surface area contributed by atoms with E-state index in [1.54, 1.807) is 24.3 Å². The van der Waals surface area contributed by atoms with Gasteiger partial charge in [-0.1, -0.05) is 23.8 Å². The molecule has 4 N–H and O–H groups in total. The lowest BCUT2D eigenvalue weighted by Crippen LogP contribution is -2.26. The van der Waals surface area contributed by atoms with Crippen molar-refractivity contribution in [1.82, 2.24) is 15.3 Å². The molecule has 24 heavy (non-hydrogen) atoms. The Labute approximate surface area is 139 Å². The number of hydrogen-bond donors (Lipinski definition) is 3. The summed E-state index contributed by atoms with van der Waals surface area (Å²) in [6.45, 7) is 0.583. The van der Waals surface area contributed by atoms with Crippen LogP contribution in [-0.4, -0.2) is 22.4 Å². The molecule has 0 fully saturated rings. The van der Waals surface area contributed by atoms with E-state index in [0.29, 0.717) is 23.4 Å². The molecule has 1 aliphatic carbocycles. The molecule has 6 heteroatoms. The van der Waals surface area contributed by atoms with Gasteiger partial charge in [-0.3, -0.25) is 14.6 Å². The standard InChI is InChI=1S/C18H20N4O2/c19-18-21-15(10-16(23)22-18)13-7-4-8-14(9-13)17(24)20-11-12-5-2-1-3-6-12/h4-5,7-10H,1-3,6,11H2,(H,20,24)(H3,19,21,22,23). The third-order valence-electron chi connectivity index (χ3n) is 4.04. The third-order valence-corrected chi connectivity index (χ3v) is 4.04. The second-order valence-corrected chi connectivity index (χ2v) is 5.89. The van der Waals surface area contributed by atoms with Gasteiger partial charge >= 0.3 is 0 Å². The molecule has 0 unspecified atom stereocenters. The molecule has 124 valence electrons. The van der Waals surface area contributed by atoms with Gasteiger partial charge in [0.15, 0.2) is 0 Å². The van der Waals surface area contributed by atoms with E-state index in [2.05, 4.69) is 21.4 Å². The van der Waals surface area contributed by atoms with Gasteiger partial charge in [-0.05, 0) is 37.8 Å². The van der Waals surface area contributed by atoms with Gasteiger partial charge in [0.25, 0.3) is 11.5 Å². The third kappa shape index (κ3) is 3.90. The van der Waals surface area contributed by atoms with Crippen LogP contribution < -0.4 is 16.6 Å². The molecule has 1 amide bonds. The van der Waals surface area contributed by atoms with Crippen molar-refractivity contribution in [2.45, 2.75) is 25.7 Å². The zero-order valence-electron chi connectivity index (χ0n) is 13.3. The van der Waals surface area contributed by atoms with Crippen LogP contribution in [0.2, 0.25) is 0 Å². The number of carbonyl (C=O) groups is 1. The van der Waals surface area contributed by atoms with E-state index >= 15 is 0 Å². The number of amides is 1. The molecule has 0 saturated heterocycles. The molecule has 2 aromatic rings. The number of anilines is 1. The Balaban J connectivity index is 1.75. The zero-order valence-corrected chi connectivity index (χ0v) is 13.3. The molecular weight excluding hydrogens is 304 g/mol. The minimum atomic E-state index is -0.323. The number of benzene rings is 1. The first kappa shape index (κ1) is 16.0. The summed E-state index contributed by atoms with van der Waals surface area (Å²) in [6, 6.07) is 8.38. The van der Waals surface area contributed by atoms with Crippen LogP contribution in [0.4, 0.5) is 5.95 Å². The van der Waals surface area contributed by atoms with Crippen LogP contribution >= 0.6 is 0 Å². The van der Waals surface area contributed by atoms with Gasteiger partial charge in [-0.25, -0.2) is 4.98 Å². The van der Waals surface area contributed by atoms with E-state index in [9.17, 15) is 9.59 Å². The average molecular weight is 324 g/mol. The molecule has 3 rings (SSSR count). The first-order chi connectivity index (χ1) is 11.6. The average Bonchev–Trinajstić information content (AvgIpc) is 2.60. The summed E-state index contributed by atoms with van der Waals surface area (Å²) in [6.07, 6.45) is 6.77. The molecule has 1 aromatic heterocycles. The van der Waals surface area contributed by atoms with Crippen molar-refractivity contribution in [3.63, 3.8) is 0 Å². The van der Waals surface area contributed by atoms with Crippen molar-refractivity contribution in [1.29, 1.82) is 0 Å². The number of carbonyl (C=O) groups excluding carboxylic acids is 1. The number of H-pyrrole nitrogens is 1. The maximum absolute atomic E-state index is 12.4. The van der Waals surface area contributed by atoms with E-state index < -0.39 is 0 Å². The van der Waals surface area contributed by atoms with Crippen LogP contribution in [0.5, 0.6) is 0 Å². The van der Waals surface area contributed by atoms with Crippen LogP contribution in [0.3, 0.4) is 0 Å². The molecule has 0 radical (unpaired) electrons. The fraction of sp³-hybridized carbons (Fsp3) is 0.278. The number of nitrogens with one attached hydrogen (secondary N) is 2. The summed E-state index contributed by atoms with van der Waals surface area (Å²) in [7, 11) is 0. The molecule has 1 aliphatic rings. The lowest BCUT2D eigenvalue weighted by Gasteiger charge is -2.13. The molecular formula is C18H20N4O2. The van der Waals surface area contributed by atoms with Gasteiger partial charge in [0, 0.05) is 23.7 Å². The molecule has 0 saturated carbocycles. The van der Waals surface area contributed by atoms with E-state index in [0.717, 1.165) is 12.8 Å². The smallest absolute Gasteiger partial charge is 0.252 e. The van der Waals surface area contributed by atoms with E-state index in [1.165, 1.54) is 24.5 Å². The fourth-order valence-electron chi connectivity index (χ4n) is 2.81. The number of aromatic amines is 1. The second-order valence-electron chi connectivity index (χ2n) is 5.89. The van der Waals surface area contributed by atoms with Crippen LogP contribution in [0.25, 0.3) is 11.3 Å². The highest BCUT2D eigenvalue weighted by Crippen LogP contribution is 2.18. The molecule has 0 atom stereocenters. The molecule has 1 aromatic carbocycles. The highest BCUT2D eigenvalue weighted by Gasteiger charge is 2.10. The maximum Gasteiger partial charge on any atom is 0.252 e. The van der Waals surface area contributed by atoms with Crippen LogP contribution in [-0.2, 0) is 0 Å². The number of nitrogens with zero attached hydrogens (tertiary/aromatic N) is 1. The van der Waals surface area contributed by atoms with Gasteiger partial charge in [-0.15, -0.1) is 0 Å². The summed E-state index contributed by atoms with van der Waals surface area (Å²) in [5, 5.41) is 2.95. The van der Waals surface area contributed by atoms with Crippen LogP contribution in [0, 0.1) is 0 Å². The second kappa shape index (κ2) is 7.12. The van der Waals surface area contributed by atoms with E-state index in [1.807, 2.05) is 0 Å². The Kier molecular flexibility index (Phi) is 4.74. The summed E-state index contributed by atoms with van der Waals surface area (Å²) in [5.41, 5.74) is 8.19. The van der Waals surface area contributed by atoms with Crippen molar-refractivity contribution < 1.29 is 4.79 Å². The topological polar surface area (TPSA) is 101 Å². The number of hydrogen-bond acceptors (Lipinski definition) is 4. The Morgan fingerprint density at radius 1 is 1.29 bits per heavy atom. The number of rotatable bonds is 4. The van der Waals surface area contributed by atoms with Gasteiger partial charge < -0.3 is 11.1 Å². The molecule has 0 spiro atoms. The van der Waals surface area contributed by atoms with Crippen molar-refractivity contribution in [3.8, 4) is 11.3 Å². The van der Waals surface area contributed by atoms with Crippen molar-refractivity contribution in [2.24, 2.45) is 0 Å². The highest BCUT2D eigenvalue weighted by molar-refractivity contribution is 5.95. The first-order valence-corrected chi connectivity index (χ1v) is 8.05. The SMILES string of the molecule is Nc1nc(-c2cccc(C(=O)NCC3=CCCCC3)c2)cc(=O)[nH]1. The quantitative estimate of drug-likeness (QED) is 0.751. The number of nitrogens with two attached hydrogens (primary N) is 1. The molecule has 0 bridgehead atoms. The monoisotopic (exact) mass is 324 g/mol. The Bertz CT molecular complexity index is 839. The largest absolute Gasteiger partial charge is 0.369 e. The van der Waals surface area contributed by atoms with Crippen LogP contribution in [0.1, 0.15) is 36.0 Å².